The molecule has 2 aromatic rings. The van der Waals surface area contributed by atoms with Crippen molar-refractivity contribution < 1.29 is 9.90 Å². The van der Waals surface area contributed by atoms with E-state index in [2.05, 4.69) is 15.1 Å². The molecule has 1 aliphatic rings. The summed E-state index contributed by atoms with van der Waals surface area (Å²) in [5.41, 5.74) is 1.86. The molecule has 24 heavy (non-hydrogen) atoms. The Hall–Kier alpha value is -2.28. The third kappa shape index (κ3) is 4.17. The molecule has 128 valence electrons. The van der Waals surface area contributed by atoms with E-state index in [1.165, 1.54) is 0 Å². The van der Waals surface area contributed by atoms with Gasteiger partial charge in [0.05, 0.1) is 24.5 Å². The van der Waals surface area contributed by atoms with E-state index in [1.807, 2.05) is 17.2 Å². The van der Waals surface area contributed by atoms with Gasteiger partial charge in [0.2, 0.25) is 5.91 Å². The average molecular weight is 329 g/mol. The zero-order valence-electron chi connectivity index (χ0n) is 13.7. The first kappa shape index (κ1) is 16.6. The second-order valence-corrected chi connectivity index (χ2v) is 6.10. The molecule has 1 N–H and O–H groups in total. The summed E-state index contributed by atoms with van der Waals surface area (Å²) in [5.74, 6) is 0.444. The largest absolute Gasteiger partial charge is 0.394 e. The second kappa shape index (κ2) is 8.01. The Bertz CT molecular complexity index is 658. The van der Waals surface area contributed by atoms with Crippen LogP contribution in [0.3, 0.4) is 0 Å². The van der Waals surface area contributed by atoms with Gasteiger partial charge in [0.1, 0.15) is 0 Å². The van der Waals surface area contributed by atoms with E-state index >= 15 is 0 Å². The molecule has 0 spiro atoms. The fraction of sp³-hybridized carbons (Fsp3) is 0.529. The third-order valence-corrected chi connectivity index (χ3v) is 4.39. The number of aliphatic hydroxyl groups is 1. The molecule has 0 saturated carbocycles. The SMILES string of the molecule is O=C(CCc1cnccn1)N1CCCC(c2ccn(CCO)n2)C1. The molecule has 3 rings (SSSR count). The lowest BCUT2D eigenvalue weighted by molar-refractivity contribution is -0.132. The number of carbonyl (C=O) groups is 1. The van der Waals surface area contributed by atoms with Crippen LogP contribution in [0, 0.1) is 0 Å². The Morgan fingerprint density at radius 1 is 1.38 bits per heavy atom. The first-order valence-electron chi connectivity index (χ1n) is 8.43. The first-order chi connectivity index (χ1) is 11.8. The highest BCUT2D eigenvalue weighted by molar-refractivity contribution is 5.76. The Morgan fingerprint density at radius 2 is 2.29 bits per heavy atom. The van der Waals surface area contributed by atoms with Crippen LogP contribution in [0.4, 0.5) is 0 Å². The number of amides is 1. The molecule has 3 heterocycles. The maximum Gasteiger partial charge on any atom is 0.222 e. The maximum atomic E-state index is 12.5. The van der Waals surface area contributed by atoms with Gasteiger partial charge >= 0.3 is 0 Å². The smallest absolute Gasteiger partial charge is 0.222 e. The van der Waals surface area contributed by atoms with Crippen LogP contribution in [0.25, 0.3) is 0 Å². The molecule has 0 aliphatic carbocycles. The summed E-state index contributed by atoms with van der Waals surface area (Å²) in [4.78, 5) is 22.7. The number of piperidine rings is 1. The summed E-state index contributed by atoms with van der Waals surface area (Å²) >= 11 is 0. The van der Waals surface area contributed by atoms with Crippen LogP contribution in [0.5, 0.6) is 0 Å². The topological polar surface area (TPSA) is 84.1 Å². The molecule has 1 saturated heterocycles. The van der Waals surface area contributed by atoms with Crippen molar-refractivity contribution in [3.8, 4) is 0 Å². The third-order valence-electron chi connectivity index (χ3n) is 4.39. The molecule has 7 heteroatoms. The van der Waals surface area contributed by atoms with E-state index in [1.54, 1.807) is 23.3 Å². The quantitative estimate of drug-likeness (QED) is 0.855. The Labute approximate surface area is 141 Å². The number of nitrogens with zero attached hydrogens (tertiary/aromatic N) is 5. The minimum absolute atomic E-state index is 0.0821. The van der Waals surface area contributed by atoms with Gasteiger partial charge < -0.3 is 10.0 Å². The lowest BCUT2D eigenvalue weighted by atomic mass is 9.94. The first-order valence-corrected chi connectivity index (χ1v) is 8.43. The molecule has 1 amide bonds. The number of aryl methyl sites for hydroxylation is 1. The van der Waals surface area contributed by atoms with Gasteiger partial charge in [-0.05, 0) is 25.3 Å². The summed E-state index contributed by atoms with van der Waals surface area (Å²) in [5, 5.41) is 13.5. The van der Waals surface area contributed by atoms with Crippen molar-refractivity contribution in [2.75, 3.05) is 19.7 Å². The molecule has 1 unspecified atom stereocenters. The van der Waals surface area contributed by atoms with Crippen LogP contribution in [-0.4, -0.2) is 55.4 Å². The summed E-state index contributed by atoms with van der Waals surface area (Å²) in [6.45, 7) is 2.12. The van der Waals surface area contributed by atoms with E-state index in [0.29, 0.717) is 19.4 Å². The number of hydrogen-bond donors (Lipinski definition) is 1. The fourth-order valence-electron chi connectivity index (χ4n) is 3.12. The van der Waals surface area contributed by atoms with E-state index in [0.717, 1.165) is 37.3 Å². The van der Waals surface area contributed by atoms with E-state index in [-0.39, 0.29) is 18.4 Å². The van der Waals surface area contributed by atoms with Crippen LogP contribution < -0.4 is 0 Å². The second-order valence-electron chi connectivity index (χ2n) is 6.10. The van der Waals surface area contributed by atoms with Crippen LogP contribution in [0.2, 0.25) is 0 Å². The molecule has 7 nitrogen and oxygen atoms in total. The number of likely N-dealkylation sites (tertiary alicyclic amines) is 1. The van der Waals surface area contributed by atoms with Gasteiger partial charge in [-0.15, -0.1) is 0 Å². The highest BCUT2D eigenvalue weighted by Crippen LogP contribution is 2.26. The van der Waals surface area contributed by atoms with Gasteiger partial charge in [0.15, 0.2) is 0 Å². The Kier molecular flexibility index (Phi) is 5.53. The fourth-order valence-corrected chi connectivity index (χ4v) is 3.12. The molecular weight excluding hydrogens is 306 g/mol. The minimum atomic E-state index is 0.0821. The Balaban J connectivity index is 1.55. The summed E-state index contributed by atoms with van der Waals surface area (Å²) in [7, 11) is 0. The summed E-state index contributed by atoms with van der Waals surface area (Å²) in [6.07, 6.45) is 10.0. The summed E-state index contributed by atoms with van der Waals surface area (Å²) < 4.78 is 1.75. The molecule has 2 aromatic heterocycles. The number of rotatable bonds is 6. The van der Waals surface area contributed by atoms with Crippen LogP contribution >= 0.6 is 0 Å². The van der Waals surface area contributed by atoms with Crippen molar-refractivity contribution in [2.45, 2.75) is 38.1 Å². The van der Waals surface area contributed by atoms with Crippen molar-refractivity contribution in [3.63, 3.8) is 0 Å². The van der Waals surface area contributed by atoms with Gasteiger partial charge in [-0.3, -0.25) is 19.4 Å². The van der Waals surface area contributed by atoms with Crippen molar-refractivity contribution in [2.24, 2.45) is 0 Å². The standard InChI is InChI=1S/C17H23N5O2/c23-11-10-22-9-5-16(20-22)14-2-1-8-21(13-14)17(24)4-3-15-12-18-6-7-19-15/h5-7,9,12,14,23H,1-4,8,10-11,13H2. The average Bonchev–Trinajstić information content (AvgIpc) is 3.10. The van der Waals surface area contributed by atoms with E-state index in [4.69, 9.17) is 5.11 Å². The number of hydrogen-bond acceptors (Lipinski definition) is 5. The predicted molar refractivity (Wildman–Crippen MR) is 88.2 cm³/mol. The van der Waals surface area contributed by atoms with Crippen LogP contribution in [0.15, 0.2) is 30.9 Å². The van der Waals surface area contributed by atoms with E-state index in [9.17, 15) is 4.79 Å². The van der Waals surface area contributed by atoms with E-state index < -0.39 is 0 Å². The molecule has 1 atom stereocenters. The predicted octanol–water partition coefficient (Wildman–Crippen LogP) is 1.00. The van der Waals surface area contributed by atoms with Crippen molar-refractivity contribution in [1.82, 2.24) is 24.6 Å². The molecule has 0 radical (unpaired) electrons. The van der Waals surface area contributed by atoms with Crippen molar-refractivity contribution in [1.29, 1.82) is 0 Å². The number of carbonyl (C=O) groups excluding carboxylic acids is 1. The normalized spacial score (nSPS) is 17.9. The maximum absolute atomic E-state index is 12.5. The number of aromatic nitrogens is 4. The van der Waals surface area contributed by atoms with Gasteiger partial charge in [-0.2, -0.15) is 5.10 Å². The monoisotopic (exact) mass is 329 g/mol. The zero-order chi connectivity index (χ0) is 16.8. The molecule has 1 fully saturated rings. The Morgan fingerprint density at radius 3 is 3.08 bits per heavy atom. The van der Waals surface area contributed by atoms with Crippen molar-refractivity contribution >= 4 is 5.91 Å². The van der Waals surface area contributed by atoms with Gasteiger partial charge in [-0.25, -0.2) is 0 Å². The molecule has 0 aromatic carbocycles. The van der Waals surface area contributed by atoms with Crippen LogP contribution in [0.1, 0.15) is 36.6 Å². The van der Waals surface area contributed by atoms with Crippen LogP contribution in [-0.2, 0) is 17.8 Å². The van der Waals surface area contributed by atoms with Gasteiger partial charge in [0, 0.05) is 50.2 Å². The van der Waals surface area contributed by atoms with Gasteiger partial charge in [0.25, 0.3) is 0 Å². The molecule has 1 aliphatic heterocycles. The van der Waals surface area contributed by atoms with Gasteiger partial charge in [-0.1, -0.05) is 0 Å². The summed E-state index contributed by atoms with van der Waals surface area (Å²) in [6, 6.07) is 1.99. The molecule has 0 bridgehead atoms. The highest BCUT2D eigenvalue weighted by Gasteiger charge is 2.26. The minimum Gasteiger partial charge on any atom is -0.394 e. The van der Waals surface area contributed by atoms with Crippen molar-refractivity contribution in [3.05, 3.63) is 42.2 Å². The number of aliphatic hydroxyl groups excluding tert-OH is 1. The molecular formula is C17H23N5O2. The lowest BCUT2D eigenvalue weighted by Crippen LogP contribution is -2.39. The lowest BCUT2D eigenvalue weighted by Gasteiger charge is -2.32. The highest BCUT2D eigenvalue weighted by atomic mass is 16.3. The zero-order valence-corrected chi connectivity index (χ0v) is 13.7.